The molecule has 9 nitrogen and oxygen atoms in total. The number of benzene rings is 2. The highest BCUT2D eigenvalue weighted by Crippen LogP contribution is 2.42. The van der Waals surface area contributed by atoms with Gasteiger partial charge in [-0.3, -0.25) is 9.59 Å². The number of amides is 2. The lowest BCUT2D eigenvalue weighted by molar-refractivity contribution is -0.123. The second kappa shape index (κ2) is 8.47. The van der Waals surface area contributed by atoms with E-state index in [1.54, 1.807) is 43.5 Å². The number of hydrogen-bond donors (Lipinski definition) is 1. The number of fused-ring (bicyclic) bond motifs is 1. The number of aromatic nitrogens is 2. The minimum Gasteiger partial charge on any atom is -0.493 e. The van der Waals surface area contributed by atoms with Crippen LogP contribution in [0.1, 0.15) is 46.4 Å². The van der Waals surface area contributed by atoms with E-state index in [-0.39, 0.29) is 12.3 Å². The molecule has 0 saturated heterocycles. The number of rotatable bonds is 8. The molecule has 31 heavy (non-hydrogen) atoms. The van der Waals surface area contributed by atoms with Crippen LogP contribution < -0.4 is 15.2 Å². The molecule has 2 N–H and O–H groups in total. The summed E-state index contributed by atoms with van der Waals surface area (Å²) in [5.41, 5.74) is 7.28. The van der Waals surface area contributed by atoms with Crippen LogP contribution in [-0.2, 0) is 11.2 Å². The molecular weight excluding hydrogens is 400 g/mol. The van der Waals surface area contributed by atoms with Gasteiger partial charge in [-0.05, 0) is 36.2 Å². The van der Waals surface area contributed by atoms with Gasteiger partial charge in [0.1, 0.15) is 6.04 Å². The Labute approximate surface area is 178 Å². The smallest absolute Gasteiger partial charge is 0.256 e. The van der Waals surface area contributed by atoms with Crippen LogP contribution in [0.5, 0.6) is 11.5 Å². The quantitative estimate of drug-likeness (QED) is 0.592. The number of hydrogen-bond acceptors (Lipinski definition) is 7. The molecule has 2 aromatic carbocycles. The molecule has 2 amide bonds. The van der Waals surface area contributed by atoms with E-state index in [0.29, 0.717) is 40.7 Å². The van der Waals surface area contributed by atoms with Gasteiger partial charge in [-0.15, -0.1) is 10.2 Å². The SMILES string of the molecule is CCOc1cc(C(Cc2nnco2)N2C(=O)c3[c]cccc3C2C(N)=O)ccc1OC. The second-order valence-corrected chi connectivity index (χ2v) is 6.91. The number of methoxy groups -OCH3 is 1. The van der Waals surface area contributed by atoms with Gasteiger partial charge in [0.2, 0.25) is 18.2 Å². The Morgan fingerprint density at radius 2 is 2.19 bits per heavy atom. The summed E-state index contributed by atoms with van der Waals surface area (Å²) in [6, 6.07) is 11.8. The summed E-state index contributed by atoms with van der Waals surface area (Å²) in [6.07, 6.45) is 1.40. The van der Waals surface area contributed by atoms with Gasteiger partial charge in [-0.25, -0.2) is 0 Å². The first-order valence-corrected chi connectivity index (χ1v) is 9.73. The molecule has 1 aliphatic heterocycles. The third-order valence-corrected chi connectivity index (χ3v) is 5.16. The van der Waals surface area contributed by atoms with Crippen LogP contribution in [-0.4, -0.2) is 40.6 Å². The average Bonchev–Trinajstić information content (AvgIpc) is 3.38. The minimum absolute atomic E-state index is 0.182. The van der Waals surface area contributed by atoms with E-state index in [9.17, 15) is 9.59 Å². The lowest BCUT2D eigenvalue weighted by Crippen LogP contribution is -2.39. The summed E-state index contributed by atoms with van der Waals surface area (Å²) >= 11 is 0. The van der Waals surface area contributed by atoms with E-state index in [1.807, 2.05) is 6.92 Å². The summed E-state index contributed by atoms with van der Waals surface area (Å²) in [5, 5.41) is 7.67. The zero-order valence-electron chi connectivity index (χ0n) is 17.1. The molecule has 9 heteroatoms. The molecule has 2 heterocycles. The number of carbonyl (C=O) groups is 2. The highest BCUT2D eigenvalue weighted by molar-refractivity contribution is 6.04. The van der Waals surface area contributed by atoms with Crippen LogP contribution in [0.25, 0.3) is 0 Å². The predicted molar refractivity (Wildman–Crippen MR) is 108 cm³/mol. The number of primary amides is 1. The second-order valence-electron chi connectivity index (χ2n) is 6.91. The maximum Gasteiger partial charge on any atom is 0.256 e. The van der Waals surface area contributed by atoms with E-state index in [2.05, 4.69) is 16.3 Å². The van der Waals surface area contributed by atoms with Crippen molar-refractivity contribution < 1.29 is 23.5 Å². The van der Waals surface area contributed by atoms with Crippen LogP contribution in [0.2, 0.25) is 0 Å². The van der Waals surface area contributed by atoms with Crippen LogP contribution in [0.3, 0.4) is 0 Å². The molecule has 1 aromatic heterocycles. The topological polar surface area (TPSA) is 121 Å². The van der Waals surface area contributed by atoms with Crippen molar-refractivity contribution in [2.75, 3.05) is 13.7 Å². The third-order valence-electron chi connectivity index (χ3n) is 5.16. The van der Waals surface area contributed by atoms with E-state index in [0.717, 1.165) is 0 Å². The molecule has 1 radical (unpaired) electrons. The van der Waals surface area contributed by atoms with Crippen LogP contribution in [0, 0.1) is 6.07 Å². The average molecular weight is 421 g/mol. The van der Waals surface area contributed by atoms with Crippen LogP contribution in [0.4, 0.5) is 0 Å². The molecule has 2 unspecified atom stereocenters. The maximum absolute atomic E-state index is 13.4. The normalized spacial score (nSPS) is 16.1. The van der Waals surface area contributed by atoms with Crippen molar-refractivity contribution in [2.45, 2.75) is 25.4 Å². The number of nitrogens with two attached hydrogens (primary N) is 1. The number of ether oxygens (including phenoxy) is 2. The van der Waals surface area contributed by atoms with Crippen LogP contribution in [0.15, 0.2) is 47.2 Å². The van der Waals surface area contributed by atoms with Crippen molar-refractivity contribution in [3.8, 4) is 11.5 Å². The molecule has 0 spiro atoms. The largest absolute Gasteiger partial charge is 0.493 e. The Hall–Kier alpha value is -3.88. The molecule has 0 fully saturated rings. The molecule has 0 bridgehead atoms. The standard InChI is InChI=1S/C22H21N4O5/c1-3-30-18-10-13(8-9-17(18)29-2)16(11-19-25-24-12-31-19)26-20(21(23)27)14-6-4-5-7-15(14)22(26)28/h4-6,8-10,12,16,20H,3,11H2,1-2H3,(H2,23,27). The molecule has 0 saturated carbocycles. The van der Waals surface area contributed by atoms with Gasteiger partial charge in [0, 0.05) is 0 Å². The van der Waals surface area contributed by atoms with Gasteiger partial charge in [0.15, 0.2) is 11.5 Å². The molecule has 3 aromatic rings. The fraction of sp³-hybridized carbons (Fsp3) is 0.273. The lowest BCUT2D eigenvalue weighted by Gasteiger charge is -2.32. The van der Waals surface area contributed by atoms with Crippen molar-refractivity contribution in [1.29, 1.82) is 0 Å². The van der Waals surface area contributed by atoms with Gasteiger partial charge in [-0.1, -0.05) is 24.3 Å². The Balaban J connectivity index is 1.83. The molecule has 1 aliphatic rings. The summed E-state index contributed by atoms with van der Waals surface area (Å²) in [6.45, 7) is 2.29. The van der Waals surface area contributed by atoms with Crippen LogP contribution >= 0.6 is 0 Å². The molecule has 159 valence electrons. The van der Waals surface area contributed by atoms with Gasteiger partial charge >= 0.3 is 0 Å². The van der Waals surface area contributed by atoms with E-state index < -0.39 is 18.0 Å². The third kappa shape index (κ3) is 3.70. The maximum atomic E-state index is 13.4. The number of carbonyl (C=O) groups excluding carboxylic acids is 2. The van der Waals surface area contributed by atoms with E-state index >= 15 is 0 Å². The lowest BCUT2D eigenvalue weighted by atomic mass is 9.98. The predicted octanol–water partition coefficient (Wildman–Crippen LogP) is 2.24. The molecule has 0 aliphatic carbocycles. The molecule has 2 atom stereocenters. The fourth-order valence-electron chi connectivity index (χ4n) is 3.87. The zero-order valence-corrected chi connectivity index (χ0v) is 17.1. The van der Waals surface area contributed by atoms with Gasteiger partial charge < -0.3 is 24.5 Å². The minimum atomic E-state index is -0.953. The Kier molecular flexibility index (Phi) is 5.57. The van der Waals surface area contributed by atoms with Crippen molar-refractivity contribution >= 4 is 11.8 Å². The Morgan fingerprint density at radius 3 is 2.87 bits per heavy atom. The summed E-state index contributed by atoms with van der Waals surface area (Å²) in [4.78, 5) is 27.2. The van der Waals surface area contributed by atoms with Gasteiger partial charge in [-0.2, -0.15) is 0 Å². The van der Waals surface area contributed by atoms with Crippen molar-refractivity contribution in [2.24, 2.45) is 5.73 Å². The summed E-state index contributed by atoms with van der Waals surface area (Å²) < 4.78 is 16.4. The first-order chi connectivity index (χ1) is 15.0. The zero-order chi connectivity index (χ0) is 22.0. The number of nitrogens with zero attached hydrogens (tertiary/aromatic N) is 3. The van der Waals surface area contributed by atoms with Gasteiger partial charge in [0.05, 0.1) is 31.7 Å². The Morgan fingerprint density at radius 1 is 1.35 bits per heavy atom. The van der Waals surface area contributed by atoms with E-state index in [1.165, 1.54) is 11.3 Å². The first-order valence-electron chi connectivity index (χ1n) is 9.73. The van der Waals surface area contributed by atoms with Gasteiger partial charge in [0.25, 0.3) is 5.91 Å². The fourth-order valence-corrected chi connectivity index (χ4v) is 3.87. The van der Waals surface area contributed by atoms with E-state index in [4.69, 9.17) is 19.6 Å². The van der Waals surface area contributed by atoms with Crippen molar-refractivity contribution in [1.82, 2.24) is 15.1 Å². The first kappa shape index (κ1) is 20.4. The summed E-state index contributed by atoms with van der Waals surface area (Å²) in [5.74, 6) is 0.399. The van der Waals surface area contributed by atoms with Crippen molar-refractivity contribution in [3.63, 3.8) is 0 Å². The molecule has 4 rings (SSSR count). The van der Waals surface area contributed by atoms with Crippen molar-refractivity contribution in [3.05, 3.63) is 71.4 Å². The monoisotopic (exact) mass is 421 g/mol. The highest BCUT2D eigenvalue weighted by Gasteiger charge is 2.44. The Bertz CT molecular complexity index is 1100. The highest BCUT2D eigenvalue weighted by atomic mass is 16.5. The summed E-state index contributed by atoms with van der Waals surface area (Å²) in [7, 11) is 1.55. The molecular formula is C22H21N4O5.